The number of amides is 1. The summed E-state index contributed by atoms with van der Waals surface area (Å²) in [6.07, 6.45) is 3.51. The normalized spacial score (nSPS) is 17.5. The number of halogens is 1. The second-order valence-electron chi connectivity index (χ2n) is 7.58. The zero-order valence-electron chi connectivity index (χ0n) is 16.4. The fraction of sp³-hybridized carbons (Fsp3) is 0.409. The lowest BCUT2D eigenvalue weighted by Crippen LogP contribution is -2.36. The summed E-state index contributed by atoms with van der Waals surface area (Å²) in [5, 5.41) is 10.2. The minimum atomic E-state index is -0.131. The van der Waals surface area contributed by atoms with E-state index >= 15 is 0 Å². The summed E-state index contributed by atoms with van der Waals surface area (Å²) in [6.45, 7) is 5.23. The number of hydrogen-bond donors (Lipinski definition) is 0. The van der Waals surface area contributed by atoms with Crippen LogP contribution in [0.15, 0.2) is 30.3 Å². The molecule has 6 nitrogen and oxygen atoms in total. The van der Waals surface area contributed by atoms with Crippen LogP contribution < -0.4 is 4.74 Å². The minimum absolute atomic E-state index is 0.0953. The molecule has 0 spiro atoms. The van der Waals surface area contributed by atoms with Gasteiger partial charge in [-0.25, -0.2) is 4.98 Å². The van der Waals surface area contributed by atoms with Crippen LogP contribution in [0.4, 0.5) is 0 Å². The van der Waals surface area contributed by atoms with Crippen molar-refractivity contribution in [2.75, 3.05) is 26.2 Å². The highest BCUT2D eigenvalue weighted by Crippen LogP contribution is 2.29. The fourth-order valence-corrected chi connectivity index (χ4v) is 3.76. The molecular weight excluding hydrogens is 388 g/mol. The summed E-state index contributed by atoms with van der Waals surface area (Å²) in [6, 6.07) is 11.3. The smallest absolute Gasteiger partial charge is 0.272 e. The van der Waals surface area contributed by atoms with Gasteiger partial charge >= 0.3 is 0 Å². The number of aryl methyl sites for hydroxylation is 1. The maximum absolute atomic E-state index is 12.9. The van der Waals surface area contributed by atoms with E-state index in [2.05, 4.69) is 9.88 Å². The van der Waals surface area contributed by atoms with Gasteiger partial charge in [0, 0.05) is 37.2 Å². The maximum Gasteiger partial charge on any atom is 0.272 e. The number of carbonyl (C=O) groups is 1. The molecule has 0 bridgehead atoms. The van der Waals surface area contributed by atoms with Gasteiger partial charge in [0.05, 0.1) is 0 Å². The molecule has 2 heterocycles. The monoisotopic (exact) mass is 410 g/mol. The van der Waals surface area contributed by atoms with Gasteiger partial charge < -0.3 is 9.64 Å². The van der Waals surface area contributed by atoms with Crippen LogP contribution in [0.5, 0.6) is 11.5 Å². The largest absolute Gasteiger partial charge is 0.454 e. The van der Waals surface area contributed by atoms with Crippen LogP contribution in [0.25, 0.3) is 0 Å². The molecule has 0 N–H and O–H groups in total. The van der Waals surface area contributed by atoms with Gasteiger partial charge in [-0.2, -0.15) is 5.26 Å². The molecule has 1 saturated carbocycles. The van der Waals surface area contributed by atoms with Crippen molar-refractivity contribution in [2.24, 2.45) is 0 Å². The molecule has 1 amide bonds. The van der Waals surface area contributed by atoms with Crippen molar-refractivity contribution in [3.05, 3.63) is 52.3 Å². The molecule has 2 fully saturated rings. The average molecular weight is 411 g/mol. The molecule has 1 aliphatic carbocycles. The highest BCUT2D eigenvalue weighted by Gasteiger charge is 2.31. The third kappa shape index (κ3) is 4.52. The summed E-state index contributed by atoms with van der Waals surface area (Å²) < 4.78 is 5.81. The van der Waals surface area contributed by atoms with Gasteiger partial charge in [-0.1, -0.05) is 11.6 Å². The molecule has 0 radical (unpaired) electrons. The number of hydrogen-bond acceptors (Lipinski definition) is 5. The number of carbonyl (C=O) groups excluding carboxylic acids is 1. The number of nitrogens with zero attached hydrogens (tertiary/aromatic N) is 4. The summed E-state index contributed by atoms with van der Waals surface area (Å²) in [4.78, 5) is 21.5. The van der Waals surface area contributed by atoms with Gasteiger partial charge in [-0.05, 0) is 62.1 Å². The van der Waals surface area contributed by atoms with Gasteiger partial charge in [0.2, 0.25) is 0 Å². The van der Waals surface area contributed by atoms with Gasteiger partial charge in [0.15, 0.2) is 11.4 Å². The first kappa shape index (κ1) is 19.7. The highest BCUT2D eigenvalue weighted by atomic mass is 35.5. The first-order chi connectivity index (χ1) is 14.0. The van der Waals surface area contributed by atoms with Crippen molar-refractivity contribution in [1.82, 2.24) is 14.8 Å². The number of aromatic nitrogens is 1. The second kappa shape index (κ2) is 8.40. The fourth-order valence-electron chi connectivity index (χ4n) is 3.64. The number of ether oxygens (including phenoxy) is 1. The van der Waals surface area contributed by atoms with Crippen LogP contribution in [0.1, 0.15) is 41.0 Å². The van der Waals surface area contributed by atoms with E-state index in [0.717, 1.165) is 25.1 Å². The Balaban J connectivity index is 1.49. The Bertz CT molecular complexity index is 968. The SMILES string of the molecule is Cc1cc(Oc2ccc(C(=O)N3CCCN(C4CC4)CC3)nc2C#N)ccc1Cl. The molecule has 0 atom stereocenters. The quantitative estimate of drug-likeness (QED) is 0.761. The van der Waals surface area contributed by atoms with Crippen LogP contribution in [0.2, 0.25) is 5.02 Å². The summed E-state index contributed by atoms with van der Waals surface area (Å²) in [5.41, 5.74) is 1.25. The van der Waals surface area contributed by atoms with E-state index in [9.17, 15) is 10.1 Å². The first-order valence-corrected chi connectivity index (χ1v) is 10.3. The maximum atomic E-state index is 12.9. The Morgan fingerprint density at radius 3 is 2.76 bits per heavy atom. The van der Waals surface area contributed by atoms with Crippen LogP contribution in [0.3, 0.4) is 0 Å². The molecule has 2 aromatic rings. The topological polar surface area (TPSA) is 69.5 Å². The molecule has 7 heteroatoms. The lowest BCUT2D eigenvalue weighted by atomic mass is 10.2. The average Bonchev–Trinajstić information content (AvgIpc) is 3.57. The molecule has 2 aliphatic rings. The van der Waals surface area contributed by atoms with E-state index in [1.54, 1.807) is 30.3 Å². The number of nitriles is 1. The minimum Gasteiger partial charge on any atom is -0.454 e. The third-order valence-electron chi connectivity index (χ3n) is 5.42. The molecule has 1 aromatic carbocycles. The molecular formula is C22H23ClN4O2. The van der Waals surface area contributed by atoms with E-state index in [1.165, 1.54) is 12.8 Å². The van der Waals surface area contributed by atoms with Crippen molar-refractivity contribution in [3.63, 3.8) is 0 Å². The first-order valence-electron chi connectivity index (χ1n) is 9.93. The van der Waals surface area contributed by atoms with Crippen molar-refractivity contribution >= 4 is 17.5 Å². The standard InChI is InChI=1S/C22H23ClN4O2/c1-15-13-17(5-6-18(15)23)29-21-8-7-19(25-20(21)14-24)22(28)27-10-2-9-26(11-12-27)16-3-4-16/h5-8,13,16H,2-4,9-12H2,1H3. The Morgan fingerprint density at radius 2 is 2.03 bits per heavy atom. The van der Waals surface area contributed by atoms with Crippen LogP contribution in [-0.2, 0) is 0 Å². The van der Waals surface area contributed by atoms with Crippen molar-refractivity contribution in [1.29, 1.82) is 5.26 Å². The Kier molecular flexibility index (Phi) is 5.70. The van der Waals surface area contributed by atoms with E-state index in [4.69, 9.17) is 16.3 Å². The number of rotatable bonds is 4. The molecule has 29 heavy (non-hydrogen) atoms. The Labute approximate surface area is 175 Å². The van der Waals surface area contributed by atoms with Crippen molar-refractivity contribution in [2.45, 2.75) is 32.2 Å². The van der Waals surface area contributed by atoms with Crippen LogP contribution in [0, 0.1) is 18.3 Å². The second-order valence-corrected chi connectivity index (χ2v) is 7.99. The van der Waals surface area contributed by atoms with E-state index in [-0.39, 0.29) is 17.3 Å². The van der Waals surface area contributed by atoms with Crippen molar-refractivity contribution < 1.29 is 9.53 Å². The lowest BCUT2D eigenvalue weighted by Gasteiger charge is -2.21. The molecule has 4 rings (SSSR count). The van der Waals surface area contributed by atoms with Crippen LogP contribution >= 0.6 is 11.6 Å². The Morgan fingerprint density at radius 1 is 1.21 bits per heavy atom. The molecule has 0 unspecified atom stereocenters. The lowest BCUT2D eigenvalue weighted by molar-refractivity contribution is 0.0755. The number of pyridine rings is 1. The van der Waals surface area contributed by atoms with Gasteiger partial charge in [-0.15, -0.1) is 0 Å². The predicted octanol–water partition coefficient (Wildman–Crippen LogP) is 4.02. The zero-order chi connectivity index (χ0) is 20.4. The summed E-state index contributed by atoms with van der Waals surface area (Å²) in [5.74, 6) is 0.756. The van der Waals surface area contributed by atoms with Crippen LogP contribution in [-0.4, -0.2) is 52.9 Å². The summed E-state index contributed by atoms with van der Waals surface area (Å²) in [7, 11) is 0. The molecule has 150 valence electrons. The van der Waals surface area contributed by atoms with Crippen molar-refractivity contribution in [3.8, 4) is 17.6 Å². The number of benzene rings is 1. The van der Waals surface area contributed by atoms with Gasteiger partial charge in [0.25, 0.3) is 5.91 Å². The van der Waals surface area contributed by atoms with Gasteiger partial charge in [0.1, 0.15) is 17.5 Å². The highest BCUT2D eigenvalue weighted by molar-refractivity contribution is 6.31. The molecule has 1 aromatic heterocycles. The third-order valence-corrected chi connectivity index (χ3v) is 5.85. The zero-order valence-corrected chi connectivity index (χ0v) is 17.2. The van der Waals surface area contributed by atoms with E-state index in [1.807, 2.05) is 17.9 Å². The van der Waals surface area contributed by atoms with E-state index in [0.29, 0.717) is 35.7 Å². The van der Waals surface area contributed by atoms with Gasteiger partial charge in [-0.3, -0.25) is 9.69 Å². The summed E-state index contributed by atoms with van der Waals surface area (Å²) >= 11 is 6.05. The Hall–Kier alpha value is -2.62. The molecule has 1 saturated heterocycles. The molecule has 1 aliphatic heterocycles. The predicted molar refractivity (Wildman–Crippen MR) is 110 cm³/mol. The van der Waals surface area contributed by atoms with E-state index < -0.39 is 0 Å².